The number of halogens is 2. The molecule has 0 fully saturated rings. The van der Waals surface area contributed by atoms with Crippen molar-refractivity contribution in [1.29, 1.82) is 0 Å². The van der Waals surface area contributed by atoms with Crippen LogP contribution in [-0.4, -0.2) is 21.1 Å². The fraction of sp³-hybridized carbons (Fsp3) is 0.235. The number of aromatic nitrogens is 2. The van der Waals surface area contributed by atoms with Gasteiger partial charge >= 0.3 is 0 Å². The lowest BCUT2D eigenvalue weighted by Gasteiger charge is -2.18. The first kappa shape index (κ1) is 18.5. The minimum absolute atomic E-state index is 0.0770. The zero-order valence-electron chi connectivity index (χ0n) is 13.5. The van der Waals surface area contributed by atoms with Crippen LogP contribution in [0.15, 0.2) is 41.0 Å². The molecule has 1 amide bonds. The van der Waals surface area contributed by atoms with Crippen molar-refractivity contribution in [3.05, 3.63) is 51.6 Å². The lowest BCUT2D eigenvalue weighted by molar-refractivity contribution is -0.120. The Hall–Kier alpha value is -1.34. The van der Waals surface area contributed by atoms with Crippen LogP contribution < -0.4 is 5.32 Å². The van der Waals surface area contributed by atoms with E-state index < -0.39 is 0 Å². The number of nitrogens with one attached hydrogen (secondary N) is 1. The molecule has 0 aliphatic rings. The lowest BCUT2D eigenvalue weighted by atomic mass is 10.1. The van der Waals surface area contributed by atoms with Gasteiger partial charge in [-0.05, 0) is 43.0 Å². The molecule has 3 rings (SSSR count). The molecule has 0 saturated carbocycles. The van der Waals surface area contributed by atoms with Crippen LogP contribution >= 0.6 is 46.3 Å². The molecule has 25 heavy (non-hydrogen) atoms. The summed E-state index contributed by atoms with van der Waals surface area (Å²) < 4.78 is 1.00. The molecule has 0 spiro atoms. The molecule has 0 aliphatic heterocycles. The minimum atomic E-state index is -0.297. The Labute approximate surface area is 164 Å². The maximum Gasteiger partial charge on any atom is 0.233 e. The topological polar surface area (TPSA) is 54.9 Å². The highest BCUT2D eigenvalue weighted by atomic mass is 35.5. The predicted octanol–water partition coefficient (Wildman–Crippen LogP) is 5.36. The second kappa shape index (κ2) is 7.91. The predicted molar refractivity (Wildman–Crippen MR) is 106 cm³/mol. The van der Waals surface area contributed by atoms with Crippen LogP contribution in [0.2, 0.25) is 10.0 Å². The highest BCUT2D eigenvalue weighted by Crippen LogP contribution is 2.32. The standard InChI is InChI=1S/C17H15Cl2N3OS2/c1-9(12-4-3-11(18)7-13(12)19)22-16(23)10(2)25-17-15-14(5-6-24-15)20-8-21-17/h3-10H,1-2H3,(H,22,23). The van der Waals surface area contributed by atoms with E-state index >= 15 is 0 Å². The zero-order valence-corrected chi connectivity index (χ0v) is 16.6. The Morgan fingerprint density at radius 3 is 2.80 bits per heavy atom. The van der Waals surface area contributed by atoms with Crippen molar-refractivity contribution in [2.75, 3.05) is 0 Å². The minimum Gasteiger partial charge on any atom is -0.349 e. The lowest BCUT2D eigenvalue weighted by Crippen LogP contribution is -2.33. The van der Waals surface area contributed by atoms with Crippen molar-refractivity contribution in [3.63, 3.8) is 0 Å². The monoisotopic (exact) mass is 411 g/mol. The average molecular weight is 412 g/mol. The molecule has 4 nitrogen and oxygen atoms in total. The van der Waals surface area contributed by atoms with Crippen molar-refractivity contribution in [3.8, 4) is 0 Å². The van der Waals surface area contributed by atoms with E-state index in [4.69, 9.17) is 23.2 Å². The van der Waals surface area contributed by atoms with Crippen LogP contribution in [0.5, 0.6) is 0 Å². The van der Waals surface area contributed by atoms with Gasteiger partial charge in [0.1, 0.15) is 11.4 Å². The van der Waals surface area contributed by atoms with Crippen LogP contribution in [0.3, 0.4) is 0 Å². The van der Waals surface area contributed by atoms with Gasteiger partial charge in [-0.1, -0.05) is 41.0 Å². The van der Waals surface area contributed by atoms with Crippen molar-refractivity contribution in [2.24, 2.45) is 0 Å². The summed E-state index contributed by atoms with van der Waals surface area (Å²) in [5.74, 6) is -0.0770. The average Bonchev–Trinajstić information content (AvgIpc) is 3.04. The molecule has 1 aromatic carbocycles. The Kier molecular flexibility index (Phi) is 5.84. The first-order chi connectivity index (χ1) is 12.0. The van der Waals surface area contributed by atoms with E-state index in [1.54, 1.807) is 23.5 Å². The van der Waals surface area contributed by atoms with Crippen molar-refractivity contribution >= 4 is 62.4 Å². The molecule has 2 heterocycles. The van der Waals surface area contributed by atoms with E-state index in [0.717, 1.165) is 20.8 Å². The molecule has 0 saturated heterocycles. The fourth-order valence-corrected chi connectivity index (χ4v) is 4.75. The van der Waals surface area contributed by atoms with Crippen LogP contribution in [-0.2, 0) is 4.79 Å². The quantitative estimate of drug-likeness (QED) is 0.453. The van der Waals surface area contributed by atoms with Crippen LogP contribution in [0.25, 0.3) is 10.2 Å². The van der Waals surface area contributed by atoms with E-state index in [9.17, 15) is 4.79 Å². The van der Waals surface area contributed by atoms with E-state index in [-0.39, 0.29) is 17.2 Å². The first-order valence-corrected chi connectivity index (χ1v) is 10.1. The fourth-order valence-electron chi connectivity index (χ4n) is 2.33. The number of carbonyl (C=O) groups is 1. The summed E-state index contributed by atoms with van der Waals surface area (Å²) in [5, 5.41) is 6.59. The number of carbonyl (C=O) groups excluding carboxylic acids is 1. The van der Waals surface area contributed by atoms with Gasteiger partial charge in [0.05, 0.1) is 21.5 Å². The summed E-state index contributed by atoms with van der Waals surface area (Å²) in [6.45, 7) is 3.75. The highest BCUT2D eigenvalue weighted by molar-refractivity contribution is 8.00. The number of nitrogens with zero attached hydrogens (tertiary/aromatic N) is 2. The molecular formula is C17H15Cl2N3OS2. The number of hydrogen-bond acceptors (Lipinski definition) is 5. The Morgan fingerprint density at radius 2 is 2.04 bits per heavy atom. The summed E-state index contributed by atoms with van der Waals surface area (Å²) in [5.41, 5.74) is 1.73. The van der Waals surface area contributed by atoms with Gasteiger partial charge in [-0.25, -0.2) is 9.97 Å². The van der Waals surface area contributed by atoms with Crippen molar-refractivity contribution in [2.45, 2.75) is 30.2 Å². The summed E-state index contributed by atoms with van der Waals surface area (Å²) in [7, 11) is 0. The smallest absolute Gasteiger partial charge is 0.233 e. The van der Waals surface area contributed by atoms with Crippen LogP contribution in [0.1, 0.15) is 25.5 Å². The second-order valence-corrected chi connectivity index (χ2v) is 8.56. The van der Waals surface area contributed by atoms with E-state index in [1.807, 2.05) is 31.4 Å². The molecule has 2 atom stereocenters. The summed E-state index contributed by atoms with van der Waals surface area (Å²) in [6, 6.07) is 6.99. The Morgan fingerprint density at radius 1 is 1.24 bits per heavy atom. The molecular weight excluding hydrogens is 397 g/mol. The maximum absolute atomic E-state index is 12.5. The molecule has 2 unspecified atom stereocenters. The van der Waals surface area contributed by atoms with Gasteiger partial charge in [-0.2, -0.15) is 0 Å². The SMILES string of the molecule is CC(Sc1ncnc2ccsc12)C(=O)NC(C)c1ccc(Cl)cc1Cl. The summed E-state index contributed by atoms with van der Waals surface area (Å²) >= 11 is 15.1. The zero-order chi connectivity index (χ0) is 18.0. The number of benzene rings is 1. The van der Waals surface area contributed by atoms with Crippen molar-refractivity contribution in [1.82, 2.24) is 15.3 Å². The number of thioether (sulfide) groups is 1. The van der Waals surface area contributed by atoms with Gasteiger partial charge in [0.25, 0.3) is 0 Å². The third-order valence-electron chi connectivity index (χ3n) is 3.66. The second-order valence-electron chi connectivity index (χ2n) is 5.47. The van der Waals surface area contributed by atoms with Gasteiger partial charge < -0.3 is 5.32 Å². The number of fused-ring (bicyclic) bond motifs is 1. The number of rotatable bonds is 5. The van der Waals surface area contributed by atoms with E-state index in [1.165, 1.54) is 18.1 Å². The molecule has 8 heteroatoms. The first-order valence-electron chi connectivity index (χ1n) is 7.56. The third kappa shape index (κ3) is 4.26. The van der Waals surface area contributed by atoms with Gasteiger partial charge in [-0.3, -0.25) is 4.79 Å². The largest absolute Gasteiger partial charge is 0.349 e. The molecule has 0 aliphatic carbocycles. The molecule has 0 radical (unpaired) electrons. The summed E-state index contributed by atoms with van der Waals surface area (Å²) in [6.07, 6.45) is 1.53. The van der Waals surface area contributed by atoms with Crippen molar-refractivity contribution < 1.29 is 4.79 Å². The summed E-state index contributed by atoms with van der Waals surface area (Å²) in [4.78, 5) is 21.1. The number of thiophene rings is 1. The normalized spacial score (nSPS) is 13.6. The van der Waals surface area contributed by atoms with Gasteiger partial charge in [-0.15, -0.1) is 11.3 Å². The third-order valence-corrected chi connectivity index (χ3v) is 6.36. The molecule has 1 N–H and O–H groups in total. The molecule has 3 aromatic rings. The van der Waals surface area contributed by atoms with Gasteiger partial charge in [0.2, 0.25) is 5.91 Å². The highest BCUT2D eigenvalue weighted by Gasteiger charge is 2.20. The number of amides is 1. The van der Waals surface area contributed by atoms with Crippen LogP contribution in [0.4, 0.5) is 0 Å². The molecule has 0 bridgehead atoms. The van der Waals surface area contributed by atoms with E-state index in [0.29, 0.717) is 10.0 Å². The Bertz CT molecular complexity index is 916. The maximum atomic E-state index is 12.5. The number of hydrogen-bond donors (Lipinski definition) is 1. The van der Waals surface area contributed by atoms with Crippen LogP contribution in [0, 0.1) is 0 Å². The Balaban J connectivity index is 1.69. The van der Waals surface area contributed by atoms with Gasteiger partial charge in [0, 0.05) is 10.0 Å². The molecule has 130 valence electrons. The van der Waals surface area contributed by atoms with E-state index in [2.05, 4.69) is 15.3 Å². The molecule has 2 aromatic heterocycles. The van der Waals surface area contributed by atoms with Gasteiger partial charge in [0.15, 0.2) is 0 Å².